The van der Waals surface area contributed by atoms with Crippen molar-refractivity contribution in [2.75, 3.05) is 6.61 Å². The summed E-state index contributed by atoms with van der Waals surface area (Å²) in [6.45, 7) is 6.04. The Hall–Kier alpha value is -1.86. The number of amides is 1. The molecule has 0 saturated heterocycles. The summed E-state index contributed by atoms with van der Waals surface area (Å²) in [4.78, 5) is 12.2. The van der Waals surface area contributed by atoms with Gasteiger partial charge in [-0.1, -0.05) is 25.7 Å². The zero-order chi connectivity index (χ0) is 15.8. The summed E-state index contributed by atoms with van der Waals surface area (Å²) in [5.41, 5.74) is 0.704. The van der Waals surface area contributed by atoms with E-state index in [2.05, 4.69) is 31.0 Å². The van der Waals surface area contributed by atoms with E-state index in [1.165, 1.54) is 18.2 Å². The van der Waals surface area contributed by atoms with Gasteiger partial charge in [0.2, 0.25) is 0 Å². The first-order chi connectivity index (χ1) is 9.93. The van der Waals surface area contributed by atoms with Crippen LogP contribution < -0.4 is 5.32 Å². The molecule has 4 heteroatoms. The van der Waals surface area contributed by atoms with E-state index in [1.54, 1.807) is 0 Å². The molecule has 1 atom stereocenters. The zero-order valence-electron chi connectivity index (χ0n) is 12.7. The van der Waals surface area contributed by atoms with E-state index in [9.17, 15) is 9.18 Å². The number of hydrogen-bond donors (Lipinski definition) is 2. The molecule has 0 heterocycles. The van der Waals surface area contributed by atoms with Gasteiger partial charge in [-0.25, -0.2) is 4.39 Å². The lowest BCUT2D eigenvalue weighted by Gasteiger charge is -2.16. The van der Waals surface area contributed by atoms with Crippen LogP contribution >= 0.6 is 0 Å². The van der Waals surface area contributed by atoms with Crippen molar-refractivity contribution in [3.05, 3.63) is 35.1 Å². The van der Waals surface area contributed by atoms with Crippen LogP contribution in [-0.2, 0) is 0 Å². The summed E-state index contributed by atoms with van der Waals surface area (Å²) >= 11 is 0. The molecular weight excluding hydrogens is 269 g/mol. The van der Waals surface area contributed by atoms with Crippen LogP contribution in [0.25, 0.3) is 0 Å². The molecule has 0 aliphatic carbocycles. The van der Waals surface area contributed by atoms with E-state index in [4.69, 9.17) is 5.11 Å². The van der Waals surface area contributed by atoms with Crippen molar-refractivity contribution < 1.29 is 14.3 Å². The number of hydrogen-bond acceptors (Lipinski definition) is 2. The van der Waals surface area contributed by atoms with Crippen molar-refractivity contribution in [1.82, 2.24) is 5.32 Å². The Morgan fingerprint density at radius 2 is 2.10 bits per heavy atom. The molecule has 1 amide bonds. The fourth-order valence-electron chi connectivity index (χ4n) is 2.09. The summed E-state index contributed by atoms with van der Waals surface area (Å²) in [7, 11) is 0. The Balaban J connectivity index is 2.92. The van der Waals surface area contributed by atoms with Crippen LogP contribution in [0.3, 0.4) is 0 Å². The van der Waals surface area contributed by atoms with Gasteiger partial charge in [0, 0.05) is 18.0 Å². The first kappa shape index (κ1) is 17.2. The average molecular weight is 291 g/mol. The molecule has 0 aliphatic heterocycles. The standard InChI is InChI=1S/C17H22FNO2/c1-12(2)10-13(3)19-17(21)16-11-15(18)8-7-14(16)6-4-5-9-20/h7-8,11-13,20H,5,9-10H2,1-3H3,(H,19,21). The first-order valence-corrected chi connectivity index (χ1v) is 7.14. The number of benzene rings is 1. The van der Waals surface area contributed by atoms with E-state index < -0.39 is 5.82 Å². The molecule has 0 radical (unpaired) electrons. The Labute approximate surface area is 125 Å². The Bertz CT molecular complexity index is 543. The molecule has 1 rings (SSSR count). The van der Waals surface area contributed by atoms with Crippen molar-refractivity contribution in [1.29, 1.82) is 0 Å². The largest absolute Gasteiger partial charge is 0.395 e. The number of nitrogens with one attached hydrogen (secondary N) is 1. The van der Waals surface area contributed by atoms with Gasteiger partial charge in [-0.05, 0) is 37.5 Å². The quantitative estimate of drug-likeness (QED) is 0.820. The van der Waals surface area contributed by atoms with E-state index in [0.717, 1.165) is 6.42 Å². The van der Waals surface area contributed by atoms with Gasteiger partial charge in [-0.15, -0.1) is 0 Å². The second-order valence-electron chi connectivity index (χ2n) is 5.47. The third-order valence-corrected chi connectivity index (χ3v) is 2.89. The second-order valence-corrected chi connectivity index (χ2v) is 5.47. The smallest absolute Gasteiger partial charge is 0.252 e. The topological polar surface area (TPSA) is 49.3 Å². The maximum Gasteiger partial charge on any atom is 0.252 e. The van der Waals surface area contributed by atoms with Gasteiger partial charge in [0.05, 0.1) is 12.2 Å². The number of carbonyl (C=O) groups is 1. The SMILES string of the molecule is CC(C)CC(C)NC(=O)c1cc(F)ccc1C#CCCO. The molecule has 2 N–H and O–H groups in total. The van der Waals surface area contributed by atoms with Gasteiger partial charge in [0.1, 0.15) is 5.82 Å². The highest BCUT2D eigenvalue weighted by Crippen LogP contribution is 2.12. The maximum atomic E-state index is 13.4. The number of halogens is 1. The highest BCUT2D eigenvalue weighted by atomic mass is 19.1. The van der Waals surface area contributed by atoms with Gasteiger partial charge in [-0.2, -0.15) is 0 Å². The van der Waals surface area contributed by atoms with E-state index in [0.29, 0.717) is 17.9 Å². The molecule has 114 valence electrons. The van der Waals surface area contributed by atoms with Crippen LogP contribution in [0.4, 0.5) is 4.39 Å². The molecule has 1 unspecified atom stereocenters. The minimum Gasteiger partial charge on any atom is -0.395 e. The van der Waals surface area contributed by atoms with Crippen LogP contribution in [0.15, 0.2) is 18.2 Å². The molecular formula is C17H22FNO2. The van der Waals surface area contributed by atoms with Crippen molar-refractivity contribution >= 4 is 5.91 Å². The lowest BCUT2D eigenvalue weighted by atomic mass is 10.0. The molecule has 1 aromatic carbocycles. The predicted octanol–water partition coefficient (Wildman–Crippen LogP) is 2.72. The number of aliphatic hydroxyl groups excluding tert-OH is 1. The Morgan fingerprint density at radius 1 is 1.38 bits per heavy atom. The molecule has 1 aromatic rings. The molecule has 0 fully saturated rings. The van der Waals surface area contributed by atoms with Crippen LogP contribution in [0.2, 0.25) is 0 Å². The lowest BCUT2D eigenvalue weighted by Crippen LogP contribution is -2.34. The summed E-state index contributed by atoms with van der Waals surface area (Å²) in [6, 6.07) is 3.97. The number of carbonyl (C=O) groups excluding carboxylic acids is 1. The van der Waals surface area contributed by atoms with Crippen molar-refractivity contribution in [3.63, 3.8) is 0 Å². The Kier molecular flexibility index (Phi) is 6.90. The van der Waals surface area contributed by atoms with Crippen molar-refractivity contribution in [2.24, 2.45) is 5.92 Å². The summed E-state index contributed by atoms with van der Waals surface area (Å²) in [5.74, 6) is 5.23. The van der Waals surface area contributed by atoms with Crippen LogP contribution in [0, 0.1) is 23.6 Å². The highest BCUT2D eigenvalue weighted by Gasteiger charge is 2.14. The number of aliphatic hydroxyl groups is 1. The Morgan fingerprint density at radius 3 is 2.71 bits per heavy atom. The monoisotopic (exact) mass is 291 g/mol. The third kappa shape index (κ3) is 5.97. The summed E-state index contributed by atoms with van der Waals surface area (Å²) < 4.78 is 13.4. The fourth-order valence-corrected chi connectivity index (χ4v) is 2.09. The second kappa shape index (κ2) is 8.43. The third-order valence-electron chi connectivity index (χ3n) is 2.89. The molecule has 0 aromatic heterocycles. The average Bonchev–Trinajstić information content (AvgIpc) is 2.39. The zero-order valence-corrected chi connectivity index (χ0v) is 12.7. The van der Waals surface area contributed by atoms with Crippen LogP contribution in [0.5, 0.6) is 0 Å². The minimum atomic E-state index is -0.468. The van der Waals surface area contributed by atoms with Gasteiger partial charge >= 0.3 is 0 Å². The van der Waals surface area contributed by atoms with Crippen molar-refractivity contribution in [3.8, 4) is 11.8 Å². The number of rotatable bonds is 5. The van der Waals surface area contributed by atoms with E-state index in [-0.39, 0.29) is 24.1 Å². The fraction of sp³-hybridized carbons (Fsp3) is 0.471. The first-order valence-electron chi connectivity index (χ1n) is 7.14. The van der Waals surface area contributed by atoms with Crippen molar-refractivity contribution in [2.45, 2.75) is 39.7 Å². The molecule has 0 bridgehead atoms. The van der Waals surface area contributed by atoms with Crippen LogP contribution in [-0.4, -0.2) is 23.7 Å². The summed E-state index contributed by atoms with van der Waals surface area (Å²) in [6.07, 6.45) is 1.18. The summed E-state index contributed by atoms with van der Waals surface area (Å²) in [5, 5.41) is 11.6. The maximum absolute atomic E-state index is 13.4. The van der Waals surface area contributed by atoms with Crippen LogP contribution in [0.1, 0.15) is 49.5 Å². The lowest BCUT2D eigenvalue weighted by molar-refractivity contribution is 0.0935. The molecule has 21 heavy (non-hydrogen) atoms. The minimum absolute atomic E-state index is 0.0130. The van der Waals surface area contributed by atoms with Gasteiger partial charge in [0.15, 0.2) is 0 Å². The van der Waals surface area contributed by atoms with Gasteiger partial charge in [0.25, 0.3) is 5.91 Å². The van der Waals surface area contributed by atoms with Gasteiger partial charge in [-0.3, -0.25) is 4.79 Å². The normalized spacial score (nSPS) is 11.7. The van der Waals surface area contributed by atoms with E-state index >= 15 is 0 Å². The molecule has 3 nitrogen and oxygen atoms in total. The molecule has 0 spiro atoms. The predicted molar refractivity (Wildman–Crippen MR) is 81.4 cm³/mol. The van der Waals surface area contributed by atoms with E-state index in [1.807, 2.05) is 6.92 Å². The molecule has 0 saturated carbocycles. The highest BCUT2D eigenvalue weighted by molar-refractivity contribution is 5.96. The molecule has 0 aliphatic rings. The van der Waals surface area contributed by atoms with Gasteiger partial charge < -0.3 is 10.4 Å².